The molecule has 0 bridgehead atoms. The van der Waals surface area contributed by atoms with Gasteiger partial charge in [0.05, 0.1) is 19.3 Å². The average molecular weight is 302 g/mol. The van der Waals surface area contributed by atoms with Crippen molar-refractivity contribution in [2.24, 2.45) is 0 Å². The first kappa shape index (κ1) is 13.5. The van der Waals surface area contributed by atoms with E-state index in [0.29, 0.717) is 32.8 Å². The van der Waals surface area contributed by atoms with Crippen molar-refractivity contribution in [3.8, 4) is 0 Å². The number of nitrogens with zero attached hydrogens (tertiary/aromatic N) is 2. The lowest BCUT2D eigenvalue weighted by Crippen LogP contribution is -2.48. The molecule has 2 saturated heterocycles. The number of hydrogen-bond donors (Lipinski definition) is 0. The third kappa shape index (κ3) is 2.57. The second-order valence-corrected chi connectivity index (χ2v) is 7.66. The lowest BCUT2D eigenvalue weighted by molar-refractivity contribution is 0.0699. The molecule has 106 valence electrons. The summed E-state index contributed by atoms with van der Waals surface area (Å²) in [6.45, 7) is 2.56. The van der Waals surface area contributed by atoms with Crippen LogP contribution < -0.4 is 0 Å². The Morgan fingerprint density at radius 3 is 2.74 bits per heavy atom. The molecular weight excluding hydrogens is 284 g/mol. The van der Waals surface area contributed by atoms with Gasteiger partial charge in [-0.3, -0.25) is 0 Å². The van der Waals surface area contributed by atoms with Crippen LogP contribution >= 0.6 is 11.3 Å². The molecule has 0 radical (unpaired) electrons. The normalized spacial score (nSPS) is 26.8. The molecule has 2 aliphatic rings. The van der Waals surface area contributed by atoms with Crippen LogP contribution in [0, 0.1) is 0 Å². The molecule has 1 atom stereocenters. The van der Waals surface area contributed by atoms with Crippen molar-refractivity contribution >= 4 is 21.5 Å². The first-order chi connectivity index (χ1) is 9.19. The average Bonchev–Trinajstić information content (AvgIpc) is 3.10. The van der Waals surface area contributed by atoms with Gasteiger partial charge in [-0.2, -0.15) is 17.0 Å². The fourth-order valence-corrected chi connectivity index (χ4v) is 5.45. The molecule has 1 unspecified atom stereocenters. The van der Waals surface area contributed by atoms with Crippen molar-refractivity contribution in [2.45, 2.75) is 18.9 Å². The summed E-state index contributed by atoms with van der Waals surface area (Å²) in [5, 5.41) is 2.01. The van der Waals surface area contributed by atoms with Gasteiger partial charge in [0.1, 0.15) is 0 Å². The van der Waals surface area contributed by atoms with Crippen LogP contribution in [-0.2, 0) is 14.9 Å². The Bertz CT molecular complexity index is 509. The van der Waals surface area contributed by atoms with E-state index in [4.69, 9.17) is 4.74 Å². The monoisotopic (exact) mass is 302 g/mol. The highest BCUT2D eigenvalue weighted by atomic mass is 32.2. The highest BCUT2D eigenvalue weighted by Crippen LogP contribution is 2.37. The van der Waals surface area contributed by atoms with E-state index in [1.165, 1.54) is 0 Å². The lowest BCUT2D eigenvalue weighted by atomic mass is 10.2. The third-order valence-corrected chi connectivity index (χ3v) is 6.69. The number of ether oxygens (including phenoxy) is 1. The van der Waals surface area contributed by atoms with Gasteiger partial charge in [0, 0.05) is 24.5 Å². The van der Waals surface area contributed by atoms with Crippen LogP contribution in [0.3, 0.4) is 0 Å². The molecule has 19 heavy (non-hydrogen) atoms. The zero-order chi connectivity index (χ0) is 13.3. The molecule has 2 fully saturated rings. The van der Waals surface area contributed by atoms with Gasteiger partial charge in [-0.25, -0.2) is 0 Å². The maximum Gasteiger partial charge on any atom is 0.282 e. The van der Waals surface area contributed by atoms with Crippen LogP contribution in [0.5, 0.6) is 0 Å². The number of hydrogen-bond acceptors (Lipinski definition) is 4. The van der Waals surface area contributed by atoms with E-state index in [2.05, 4.69) is 0 Å². The van der Waals surface area contributed by atoms with Crippen LogP contribution in [0.2, 0.25) is 0 Å². The Morgan fingerprint density at radius 2 is 2.05 bits per heavy atom. The highest BCUT2D eigenvalue weighted by molar-refractivity contribution is 7.86. The van der Waals surface area contributed by atoms with Crippen molar-refractivity contribution in [1.29, 1.82) is 0 Å². The smallest absolute Gasteiger partial charge is 0.282 e. The maximum atomic E-state index is 12.7. The Morgan fingerprint density at radius 1 is 1.26 bits per heavy atom. The molecule has 5 nitrogen and oxygen atoms in total. The van der Waals surface area contributed by atoms with Crippen molar-refractivity contribution in [3.05, 3.63) is 22.4 Å². The molecule has 0 saturated carbocycles. The zero-order valence-corrected chi connectivity index (χ0v) is 12.3. The van der Waals surface area contributed by atoms with Crippen LogP contribution in [0.25, 0.3) is 0 Å². The third-order valence-electron chi connectivity index (χ3n) is 3.67. The zero-order valence-electron chi connectivity index (χ0n) is 10.7. The Kier molecular flexibility index (Phi) is 3.91. The predicted octanol–water partition coefficient (Wildman–Crippen LogP) is 1.46. The summed E-state index contributed by atoms with van der Waals surface area (Å²) in [6.07, 6.45) is 1.86. The first-order valence-electron chi connectivity index (χ1n) is 6.57. The number of morpholine rings is 1. The Balaban J connectivity index is 1.83. The fraction of sp³-hybridized carbons (Fsp3) is 0.667. The minimum Gasteiger partial charge on any atom is -0.379 e. The fourth-order valence-electron chi connectivity index (χ4n) is 2.71. The quantitative estimate of drug-likeness (QED) is 0.849. The van der Waals surface area contributed by atoms with E-state index in [0.717, 1.165) is 17.7 Å². The van der Waals surface area contributed by atoms with Crippen LogP contribution in [-0.4, -0.2) is 49.9 Å². The SMILES string of the molecule is O=S(=O)(N1CCOCC1)N1CCCC1c1cccs1. The van der Waals surface area contributed by atoms with Gasteiger partial charge in [0.15, 0.2) is 0 Å². The first-order valence-corrected chi connectivity index (χ1v) is 8.85. The molecule has 0 amide bonds. The van der Waals surface area contributed by atoms with E-state index in [-0.39, 0.29) is 6.04 Å². The lowest BCUT2D eigenvalue weighted by Gasteiger charge is -2.32. The predicted molar refractivity (Wildman–Crippen MR) is 74.3 cm³/mol. The Labute approximate surface area is 118 Å². The summed E-state index contributed by atoms with van der Waals surface area (Å²) >= 11 is 1.64. The summed E-state index contributed by atoms with van der Waals surface area (Å²) in [5.41, 5.74) is 0. The molecule has 2 aliphatic heterocycles. The standard InChI is InChI=1S/C12H18N2O3S2/c15-19(16,13-6-8-17-9-7-13)14-5-1-3-11(14)12-4-2-10-18-12/h2,4,10-11H,1,3,5-9H2. The minimum absolute atomic E-state index is 0.0212. The maximum absolute atomic E-state index is 12.7. The van der Waals surface area contributed by atoms with Crippen LogP contribution in [0.1, 0.15) is 23.8 Å². The molecular formula is C12H18N2O3S2. The van der Waals surface area contributed by atoms with Crippen LogP contribution in [0.4, 0.5) is 0 Å². The van der Waals surface area contributed by atoms with Gasteiger partial charge >= 0.3 is 0 Å². The summed E-state index contributed by atoms with van der Waals surface area (Å²) in [5.74, 6) is 0. The second kappa shape index (κ2) is 5.49. The molecule has 0 spiro atoms. The largest absolute Gasteiger partial charge is 0.379 e. The van der Waals surface area contributed by atoms with Gasteiger partial charge in [0.25, 0.3) is 10.2 Å². The molecule has 0 N–H and O–H groups in total. The second-order valence-electron chi connectivity index (χ2n) is 4.80. The molecule has 7 heteroatoms. The van der Waals surface area contributed by atoms with Gasteiger partial charge in [-0.15, -0.1) is 11.3 Å². The Hall–Kier alpha value is -0.470. The van der Waals surface area contributed by atoms with Crippen molar-refractivity contribution in [2.75, 3.05) is 32.8 Å². The van der Waals surface area contributed by atoms with E-state index in [1.807, 2.05) is 17.5 Å². The topological polar surface area (TPSA) is 49.9 Å². The number of rotatable bonds is 3. The van der Waals surface area contributed by atoms with Crippen molar-refractivity contribution in [3.63, 3.8) is 0 Å². The minimum atomic E-state index is -3.34. The molecule has 3 heterocycles. The van der Waals surface area contributed by atoms with Gasteiger partial charge < -0.3 is 4.74 Å². The van der Waals surface area contributed by atoms with E-state index in [9.17, 15) is 8.42 Å². The molecule has 0 aromatic carbocycles. The van der Waals surface area contributed by atoms with E-state index in [1.54, 1.807) is 19.9 Å². The summed E-state index contributed by atoms with van der Waals surface area (Å²) in [6, 6.07) is 4.04. The molecule has 0 aliphatic carbocycles. The van der Waals surface area contributed by atoms with Gasteiger partial charge in [-0.05, 0) is 24.3 Å². The molecule has 3 rings (SSSR count). The van der Waals surface area contributed by atoms with Crippen molar-refractivity contribution in [1.82, 2.24) is 8.61 Å². The summed E-state index contributed by atoms with van der Waals surface area (Å²) in [4.78, 5) is 1.15. The molecule has 1 aromatic heterocycles. The molecule has 1 aromatic rings. The van der Waals surface area contributed by atoms with E-state index < -0.39 is 10.2 Å². The van der Waals surface area contributed by atoms with E-state index >= 15 is 0 Å². The van der Waals surface area contributed by atoms with Gasteiger partial charge in [0.2, 0.25) is 0 Å². The van der Waals surface area contributed by atoms with Gasteiger partial charge in [-0.1, -0.05) is 6.07 Å². The summed E-state index contributed by atoms with van der Waals surface area (Å²) in [7, 11) is -3.34. The van der Waals surface area contributed by atoms with Crippen molar-refractivity contribution < 1.29 is 13.2 Å². The number of thiophene rings is 1. The highest BCUT2D eigenvalue weighted by Gasteiger charge is 2.39. The summed E-state index contributed by atoms with van der Waals surface area (Å²) < 4.78 is 33.9. The van der Waals surface area contributed by atoms with Crippen LogP contribution in [0.15, 0.2) is 17.5 Å².